The van der Waals surface area contributed by atoms with Crippen molar-refractivity contribution >= 4 is 23.1 Å². The van der Waals surface area contributed by atoms with Gasteiger partial charge in [0.15, 0.2) is 0 Å². The van der Waals surface area contributed by atoms with E-state index in [1.54, 1.807) is 15.0 Å². The van der Waals surface area contributed by atoms with Gasteiger partial charge >= 0.3 is 112 Å². The minimum absolute atomic E-state index is 0. The molecule has 2 aromatic carbocycles. The largest absolute Gasteiger partial charge is 0.0149 e. The van der Waals surface area contributed by atoms with Gasteiger partial charge in [-0.2, -0.15) is 0 Å². The maximum atomic E-state index is 3.94. The van der Waals surface area contributed by atoms with E-state index in [2.05, 4.69) is 111 Å². The molecule has 1 atom stereocenters. The topological polar surface area (TPSA) is 12.0 Å². The molecule has 1 aliphatic rings. The van der Waals surface area contributed by atoms with Crippen LogP contribution in [0.3, 0.4) is 0 Å². The van der Waals surface area contributed by atoms with E-state index < -0.39 is 16.8 Å². The molecular formula is C31H47NSiTi. The van der Waals surface area contributed by atoms with Gasteiger partial charge in [-0.3, -0.25) is 0 Å². The Bertz CT molecular complexity index is 975. The fraction of sp³-hybridized carbons (Fsp3) is 0.355. The summed E-state index contributed by atoms with van der Waals surface area (Å²) in [4.78, 5) is 0. The summed E-state index contributed by atoms with van der Waals surface area (Å²) < 4.78 is 5.69. The van der Waals surface area contributed by atoms with E-state index in [1.165, 1.54) is 16.7 Å². The Balaban J connectivity index is 0.000000331. The van der Waals surface area contributed by atoms with Crippen LogP contribution < -0.4 is 3.80 Å². The SMILES string of the molecule is C(C=Cc1ccccc1)=Cc1ccccc1.CC1=C(C)C(C)[C]([Ti]([CH3])([CH3])[NH]C(C)(C)C)=C1C.[SiH4]. The van der Waals surface area contributed by atoms with Crippen molar-refractivity contribution in [3.63, 3.8) is 0 Å². The summed E-state index contributed by atoms with van der Waals surface area (Å²) in [6, 6.07) is 20.6. The molecular weight excluding hydrogens is 462 g/mol. The number of rotatable bonds is 5. The molecule has 1 nitrogen and oxygen atoms in total. The molecule has 3 rings (SSSR count). The summed E-state index contributed by atoms with van der Waals surface area (Å²) in [7, 11) is 0. The zero-order chi connectivity index (χ0) is 24.6. The molecule has 1 unspecified atom stereocenters. The summed E-state index contributed by atoms with van der Waals surface area (Å²) in [5, 5.41) is 4.99. The molecule has 2 aromatic rings. The van der Waals surface area contributed by atoms with Crippen LogP contribution in [-0.2, 0) is 16.8 Å². The van der Waals surface area contributed by atoms with Crippen molar-refractivity contribution in [3.05, 3.63) is 105 Å². The summed E-state index contributed by atoms with van der Waals surface area (Å²) in [6.45, 7) is 16.1. The van der Waals surface area contributed by atoms with Crippen LogP contribution in [0.5, 0.6) is 0 Å². The number of nitrogens with one attached hydrogen (secondary N) is 1. The van der Waals surface area contributed by atoms with Gasteiger partial charge in [-0.1, -0.05) is 85.0 Å². The van der Waals surface area contributed by atoms with Gasteiger partial charge in [0.1, 0.15) is 0 Å². The molecule has 0 radical (unpaired) electrons. The van der Waals surface area contributed by atoms with Crippen LogP contribution in [0.2, 0.25) is 10.5 Å². The van der Waals surface area contributed by atoms with E-state index in [-0.39, 0.29) is 16.5 Å². The van der Waals surface area contributed by atoms with Crippen LogP contribution in [0.15, 0.2) is 93.4 Å². The number of allylic oxidation sites excluding steroid dienone is 6. The van der Waals surface area contributed by atoms with E-state index in [1.807, 2.05) is 36.4 Å². The van der Waals surface area contributed by atoms with Crippen molar-refractivity contribution in [1.29, 1.82) is 0 Å². The van der Waals surface area contributed by atoms with Crippen LogP contribution in [0, 0.1) is 5.92 Å². The van der Waals surface area contributed by atoms with Gasteiger partial charge in [0.25, 0.3) is 0 Å². The number of hydrogen-bond donors (Lipinski definition) is 1. The first-order chi connectivity index (χ1) is 15.4. The predicted molar refractivity (Wildman–Crippen MR) is 157 cm³/mol. The molecule has 1 N–H and O–H groups in total. The van der Waals surface area contributed by atoms with Crippen molar-refractivity contribution in [1.82, 2.24) is 3.80 Å². The Labute approximate surface area is 217 Å². The van der Waals surface area contributed by atoms with Crippen molar-refractivity contribution < 1.29 is 16.8 Å². The Kier molecular flexibility index (Phi) is 11.9. The van der Waals surface area contributed by atoms with Crippen molar-refractivity contribution in [3.8, 4) is 0 Å². The Morgan fingerprint density at radius 2 is 1.15 bits per heavy atom. The molecule has 1 aliphatic carbocycles. The molecule has 0 spiro atoms. The van der Waals surface area contributed by atoms with Gasteiger partial charge in [-0.05, 0) is 22.1 Å². The molecule has 0 aliphatic heterocycles. The van der Waals surface area contributed by atoms with Gasteiger partial charge in [-0.25, -0.2) is 0 Å². The molecule has 184 valence electrons. The van der Waals surface area contributed by atoms with Gasteiger partial charge in [0, 0.05) is 0 Å². The molecule has 0 aromatic heterocycles. The minimum atomic E-state index is -2.08. The first-order valence-corrected chi connectivity index (χ1v) is 16.7. The maximum absolute atomic E-state index is 3.94. The van der Waals surface area contributed by atoms with Gasteiger partial charge in [0.05, 0.1) is 0 Å². The van der Waals surface area contributed by atoms with Gasteiger partial charge in [0.2, 0.25) is 0 Å². The number of benzene rings is 2. The quantitative estimate of drug-likeness (QED) is 0.321. The van der Waals surface area contributed by atoms with E-state index in [4.69, 9.17) is 0 Å². The van der Waals surface area contributed by atoms with E-state index in [9.17, 15) is 0 Å². The Morgan fingerprint density at radius 1 is 0.735 bits per heavy atom. The average molecular weight is 510 g/mol. The normalized spacial score (nSPS) is 16.7. The Hall–Kier alpha value is -1.71. The monoisotopic (exact) mass is 509 g/mol. The van der Waals surface area contributed by atoms with Crippen LogP contribution in [0.4, 0.5) is 0 Å². The smallest absolute Gasteiger partial charge is 0.0149 e. The third-order valence-corrected chi connectivity index (χ3v) is 11.8. The molecule has 0 saturated carbocycles. The molecule has 0 heterocycles. The summed E-state index contributed by atoms with van der Waals surface area (Å²) >= 11 is -2.08. The van der Waals surface area contributed by atoms with E-state index >= 15 is 0 Å². The van der Waals surface area contributed by atoms with Gasteiger partial charge < -0.3 is 0 Å². The standard InChI is InChI=1S/C16H14.C9H13.C4H10N.2CH3.H4Si.Ti/c1-3-9-15(10-4-1)13-7-8-14-16-11-5-2-6-12-16;1-6-5-7(2)9(4)8(6)3;1-4(2,3)5;;;;/h1-14H;6H,1-4H3;5H,1-3H3;2*1H3;1H4;/q;;-1;;;;+1. The third kappa shape index (κ3) is 9.15. The molecule has 0 amide bonds. The van der Waals surface area contributed by atoms with Crippen LogP contribution in [0.1, 0.15) is 59.6 Å². The molecule has 0 saturated heterocycles. The minimum Gasteiger partial charge on any atom is -0.0149 e. The Morgan fingerprint density at radius 3 is 1.47 bits per heavy atom. The average Bonchev–Trinajstić information content (AvgIpc) is 2.95. The molecule has 0 bridgehead atoms. The molecule has 34 heavy (non-hydrogen) atoms. The maximum Gasteiger partial charge on any atom is -0.0149 e. The first-order valence-electron chi connectivity index (χ1n) is 12.1. The van der Waals surface area contributed by atoms with Gasteiger partial charge in [-0.15, -0.1) is 0 Å². The fourth-order valence-corrected chi connectivity index (χ4v) is 11.8. The second-order valence-corrected chi connectivity index (χ2v) is 16.9. The zero-order valence-electron chi connectivity index (χ0n) is 22.2. The van der Waals surface area contributed by atoms with Crippen molar-refractivity contribution in [2.45, 2.75) is 64.5 Å². The van der Waals surface area contributed by atoms with Crippen molar-refractivity contribution in [2.75, 3.05) is 0 Å². The van der Waals surface area contributed by atoms with Crippen LogP contribution in [0.25, 0.3) is 12.2 Å². The van der Waals surface area contributed by atoms with Crippen molar-refractivity contribution in [2.24, 2.45) is 5.92 Å². The zero-order valence-corrected chi connectivity index (χ0v) is 23.7. The van der Waals surface area contributed by atoms with E-state index in [0.717, 1.165) is 0 Å². The van der Waals surface area contributed by atoms with E-state index in [0.29, 0.717) is 5.92 Å². The first kappa shape index (κ1) is 30.3. The summed E-state index contributed by atoms with van der Waals surface area (Å²) in [5.41, 5.74) is 7.34. The second-order valence-electron chi connectivity index (χ2n) is 10.6. The third-order valence-electron chi connectivity index (χ3n) is 6.29. The summed E-state index contributed by atoms with van der Waals surface area (Å²) in [6.07, 6.45) is 8.31. The van der Waals surface area contributed by atoms with Crippen LogP contribution in [-0.4, -0.2) is 16.5 Å². The second kappa shape index (κ2) is 13.4. The predicted octanol–water partition coefficient (Wildman–Crippen LogP) is 7.76. The molecule has 0 fully saturated rings. The summed E-state index contributed by atoms with van der Waals surface area (Å²) in [5.74, 6) is 0.653. The number of hydrogen-bond acceptors (Lipinski definition) is 1. The van der Waals surface area contributed by atoms with Crippen LogP contribution >= 0.6 is 0 Å². The molecule has 3 heteroatoms. The fourth-order valence-electron chi connectivity index (χ4n) is 4.84.